The second-order valence-corrected chi connectivity index (χ2v) is 7.31. The number of nitrogens with one attached hydrogen (secondary N) is 1. The molecule has 1 heterocycles. The van der Waals surface area contributed by atoms with Crippen LogP contribution in [0, 0.1) is 13.8 Å². The first-order chi connectivity index (χ1) is 9.86. The molecule has 0 radical (unpaired) electrons. The molecule has 1 aliphatic heterocycles. The number of hydrogen-bond donors (Lipinski definition) is 1. The van der Waals surface area contributed by atoms with E-state index in [0.29, 0.717) is 6.04 Å². The number of aryl methyl sites for hydroxylation is 1. The first-order valence-corrected chi connectivity index (χ1v) is 7.82. The van der Waals surface area contributed by atoms with Crippen LogP contribution in [-0.4, -0.2) is 0 Å². The SMILES string of the molecule is Cc1ccc2c(c1C)NC(c1ccc(C(C)(C)C)cc1)C2. The van der Waals surface area contributed by atoms with E-state index in [2.05, 4.69) is 76.3 Å². The van der Waals surface area contributed by atoms with Crippen molar-refractivity contribution in [3.8, 4) is 0 Å². The molecule has 0 bridgehead atoms. The Bertz CT molecular complexity index is 659. The molecule has 0 amide bonds. The summed E-state index contributed by atoms with van der Waals surface area (Å²) < 4.78 is 0. The molecule has 0 saturated carbocycles. The summed E-state index contributed by atoms with van der Waals surface area (Å²) in [6, 6.07) is 14.0. The fourth-order valence-corrected chi connectivity index (χ4v) is 3.10. The van der Waals surface area contributed by atoms with Gasteiger partial charge in [0.05, 0.1) is 6.04 Å². The molecule has 2 aromatic carbocycles. The van der Waals surface area contributed by atoms with E-state index >= 15 is 0 Å². The summed E-state index contributed by atoms with van der Waals surface area (Å²) in [5.74, 6) is 0. The molecule has 1 nitrogen and oxygen atoms in total. The van der Waals surface area contributed by atoms with E-state index in [1.54, 1.807) is 0 Å². The summed E-state index contributed by atoms with van der Waals surface area (Å²) in [6.45, 7) is 11.2. The quantitative estimate of drug-likeness (QED) is 0.746. The predicted octanol–water partition coefficient (Wildman–Crippen LogP) is 5.31. The summed E-state index contributed by atoms with van der Waals surface area (Å²) >= 11 is 0. The van der Waals surface area contributed by atoms with E-state index in [4.69, 9.17) is 0 Å². The van der Waals surface area contributed by atoms with Gasteiger partial charge in [0, 0.05) is 5.69 Å². The van der Waals surface area contributed by atoms with Gasteiger partial charge in [-0.25, -0.2) is 0 Å². The first-order valence-electron chi connectivity index (χ1n) is 7.82. The molecule has 0 aliphatic carbocycles. The molecule has 2 aromatic rings. The molecule has 1 heteroatoms. The topological polar surface area (TPSA) is 12.0 Å². The maximum absolute atomic E-state index is 3.72. The van der Waals surface area contributed by atoms with E-state index in [0.717, 1.165) is 6.42 Å². The summed E-state index contributed by atoms with van der Waals surface area (Å²) in [5, 5.41) is 3.72. The Balaban J connectivity index is 1.86. The third kappa shape index (κ3) is 2.57. The lowest BCUT2D eigenvalue weighted by atomic mass is 9.86. The summed E-state index contributed by atoms with van der Waals surface area (Å²) in [7, 11) is 0. The summed E-state index contributed by atoms with van der Waals surface area (Å²) in [6.07, 6.45) is 1.09. The van der Waals surface area contributed by atoms with Gasteiger partial charge in [-0.15, -0.1) is 0 Å². The van der Waals surface area contributed by atoms with E-state index in [1.807, 2.05) is 0 Å². The van der Waals surface area contributed by atoms with Gasteiger partial charge in [0.15, 0.2) is 0 Å². The maximum Gasteiger partial charge on any atom is 0.0555 e. The molecular weight excluding hydrogens is 254 g/mol. The van der Waals surface area contributed by atoms with Crippen LogP contribution in [-0.2, 0) is 11.8 Å². The van der Waals surface area contributed by atoms with Gasteiger partial charge in [-0.05, 0) is 53.5 Å². The smallest absolute Gasteiger partial charge is 0.0555 e. The van der Waals surface area contributed by atoms with E-state index < -0.39 is 0 Å². The largest absolute Gasteiger partial charge is 0.377 e. The fourth-order valence-electron chi connectivity index (χ4n) is 3.10. The maximum atomic E-state index is 3.72. The van der Waals surface area contributed by atoms with Gasteiger partial charge in [0.25, 0.3) is 0 Å². The van der Waals surface area contributed by atoms with Crippen molar-refractivity contribution in [2.24, 2.45) is 0 Å². The van der Waals surface area contributed by atoms with Gasteiger partial charge in [-0.1, -0.05) is 57.2 Å². The molecular formula is C20H25N. The summed E-state index contributed by atoms with van der Waals surface area (Å²) in [4.78, 5) is 0. The number of anilines is 1. The molecule has 3 rings (SSSR count). The Morgan fingerprint density at radius 2 is 1.62 bits per heavy atom. The Kier molecular flexibility index (Phi) is 3.32. The van der Waals surface area contributed by atoms with Crippen LogP contribution in [0.4, 0.5) is 5.69 Å². The first kappa shape index (κ1) is 14.2. The van der Waals surface area contributed by atoms with Gasteiger partial charge in [-0.3, -0.25) is 0 Å². The Labute approximate surface area is 128 Å². The zero-order chi connectivity index (χ0) is 15.2. The fraction of sp³-hybridized carbons (Fsp3) is 0.400. The number of hydrogen-bond acceptors (Lipinski definition) is 1. The van der Waals surface area contributed by atoms with E-state index in [1.165, 1.54) is 33.5 Å². The lowest BCUT2D eigenvalue weighted by Gasteiger charge is -2.20. The molecule has 0 saturated heterocycles. The number of benzene rings is 2. The van der Waals surface area contributed by atoms with Crippen molar-refractivity contribution in [2.75, 3.05) is 5.32 Å². The van der Waals surface area contributed by atoms with Crippen molar-refractivity contribution in [1.82, 2.24) is 0 Å². The van der Waals surface area contributed by atoms with Crippen LogP contribution in [0.25, 0.3) is 0 Å². The van der Waals surface area contributed by atoms with Crippen LogP contribution in [0.3, 0.4) is 0 Å². The highest BCUT2D eigenvalue weighted by Crippen LogP contribution is 2.37. The molecule has 0 aromatic heterocycles. The molecule has 21 heavy (non-hydrogen) atoms. The average molecular weight is 279 g/mol. The second kappa shape index (κ2) is 4.91. The Hall–Kier alpha value is -1.76. The summed E-state index contributed by atoms with van der Waals surface area (Å²) in [5.41, 5.74) is 8.55. The number of rotatable bonds is 1. The van der Waals surface area contributed by atoms with Gasteiger partial charge in [0.2, 0.25) is 0 Å². The predicted molar refractivity (Wildman–Crippen MR) is 91.1 cm³/mol. The zero-order valence-corrected chi connectivity index (χ0v) is 13.7. The van der Waals surface area contributed by atoms with Crippen molar-refractivity contribution >= 4 is 5.69 Å². The number of fused-ring (bicyclic) bond motifs is 1. The van der Waals surface area contributed by atoms with Crippen LogP contribution in [0.15, 0.2) is 36.4 Å². The third-order valence-electron chi connectivity index (χ3n) is 4.74. The Morgan fingerprint density at radius 3 is 2.24 bits per heavy atom. The van der Waals surface area contributed by atoms with Crippen molar-refractivity contribution in [1.29, 1.82) is 0 Å². The van der Waals surface area contributed by atoms with Crippen molar-refractivity contribution < 1.29 is 0 Å². The Morgan fingerprint density at radius 1 is 0.952 bits per heavy atom. The highest BCUT2D eigenvalue weighted by molar-refractivity contribution is 5.65. The average Bonchev–Trinajstić information content (AvgIpc) is 2.87. The van der Waals surface area contributed by atoms with E-state index in [-0.39, 0.29) is 5.41 Å². The minimum Gasteiger partial charge on any atom is -0.377 e. The molecule has 0 spiro atoms. The van der Waals surface area contributed by atoms with Gasteiger partial charge >= 0.3 is 0 Å². The van der Waals surface area contributed by atoms with Crippen LogP contribution in [0.2, 0.25) is 0 Å². The minimum atomic E-state index is 0.221. The highest BCUT2D eigenvalue weighted by atomic mass is 15.0. The standard InChI is InChI=1S/C20H25N/c1-13-6-7-16-12-18(21-19(16)14(13)2)15-8-10-17(11-9-15)20(3,4)5/h6-11,18,21H,12H2,1-5H3. The molecule has 1 unspecified atom stereocenters. The van der Waals surface area contributed by atoms with Gasteiger partial charge in [0.1, 0.15) is 0 Å². The third-order valence-corrected chi connectivity index (χ3v) is 4.74. The van der Waals surface area contributed by atoms with Crippen molar-refractivity contribution in [2.45, 2.75) is 52.5 Å². The monoisotopic (exact) mass is 279 g/mol. The second-order valence-electron chi connectivity index (χ2n) is 7.31. The van der Waals surface area contributed by atoms with Gasteiger partial charge < -0.3 is 5.32 Å². The highest BCUT2D eigenvalue weighted by Gasteiger charge is 2.24. The van der Waals surface area contributed by atoms with Crippen LogP contribution >= 0.6 is 0 Å². The van der Waals surface area contributed by atoms with Crippen LogP contribution < -0.4 is 5.32 Å². The van der Waals surface area contributed by atoms with Crippen LogP contribution in [0.1, 0.15) is 54.6 Å². The zero-order valence-electron chi connectivity index (χ0n) is 13.7. The lowest BCUT2D eigenvalue weighted by Crippen LogP contribution is -2.12. The normalized spacial score (nSPS) is 17.5. The van der Waals surface area contributed by atoms with Crippen LogP contribution in [0.5, 0.6) is 0 Å². The lowest BCUT2D eigenvalue weighted by molar-refractivity contribution is 0.589. The van der Waals surface area contributed by atoms with Crippen molar-refractivity contribution in [3.63, 3.8) is 0 Å². The molecule has 1 N–H and O–H groups in total. The van der Waals surface area contributed by atoms with Gasteiger partial charge in [-0.2, -0.15) is 0 Å². The molecule has 1 atom stereocenters. The van der Waals surface area contributed by atoms with E-state index in [9.17, 15) is 0 Å². The minimum absolute atomic E-state index is 0.221. The molecule has 0 fully saturated rings. The van der Waals surface area contributed by atoms with Crippen molar-refractivity contribution in [3.05, 3.63) is 64.2 Å². The molecule has 1 aliphatic rings. The molecule has 110 valence electrons.